The van der Waals surface area contributed by atoms with E-state index in [1.807, 2.05) is 36.6 Å². The summed E-state index contributed by atoms with van der Waals surface area (Å²) in [6.07, 6.45) is 1.64. The van der Waals surface area contributed by atoms with Crippen molar-refractivity contribution in [2.24, 2.45) is 0 Å². The molecule has 0 fully saturated rings. The summed E-state index contributed by atoms with van der Waals surface area (Å²) in [7, 11) is 0. The molecule has 4 nitrogen and oxygen atoms in total. The van der Waals surface area contributed by atoms with Crippen LogP contribution >= 0.6 is 11.3 Å². The van der Waals surface area contributed by atoms with E-state index in [1.165, 1.54) is 0 Å². The number of aromatic nitrogens is 1. The van der Waals surface area contributed by atoms with Gasteiger partial charge in [-0.1, -0.05) is 6.07 Å². The molecule has 0 saturated heterocycles. The summed E-state index contributed by atoms with van der Waals surface area (Å²) < 4.78 is 0. The second-order valence-corrected chi connectivity index (χ2v) is 4.61. The zero-order valence-electron chi connectivity index (χ0n) is 9.43. The largest absolute Gasteiger partial charge is 0.333 e. The number of nitrogens with zero attached hydrogens (tertiary/aromatic N) is 1. The van der Waals surface area contributed by atoms with Gasteiger partial charge in [-0.15, -0.1) is 11.3 Å². The molecule has 0 saturated carbocycles. The fraction of sp³-hybridized carbons (Fsp3) is 0.167. The quantitative estimate of drug-likeness (QED) is 0.876. The highest BCUT2D eigenvalue weighted by atomic mass is 32.1. The molecule has 2 heterocycles. The normalized spacial score (nSPS) is 9.94. The molecule has 0 radical (unpaired) electrons. The zero-order valence-corrected chi connectivity index (χ0v) is 10.3. The van der Waals surface area contributed by atoms with Crippen molar-refractivity contribution >= 4 is 23.1 Å². The number of rotatable bonds is 3. The van der Waals surface area contributed by atoms with E-state index in [1.54, 1.807) is 17.5 Å². The Kier molecular flexibility index (Phi) is 3.72. The maximum absolute atomic E-state index is 11.5. The smallest absolute Gasteiger partial charge is 0.319 e. The second-order valence-electron chi connectivity index (χ2n) is 3.58. The topological polar surface area (TPSA) is 54.0 Å². The molecule has 88 valence electrons. The molecular formula is C12H13N3OS. The molecule has 5 heteroatoms. The Morgan fingerprint density at radius 3 is 2.94 bits per heavy atom. The highest BCUT2D eigenvalue weighted by Gasteiger charge is 2.01. The van der Waals surface area contributed by atoms with Crippen molar-refractivity contribution in [3.63, 3.8) is 0 Å². The number of amides is 2. The predicted octanol–water partition coefficient (Wildman–Crippen LogP) is 2.77. The number of carbonyl (C=O) groups is 1. The molecule has 0 aliphatic heterocycles. The van der Waals surface area contributed by atoms with Gasteiger partial charge in [0.2, 0.25) is 0 Å². The Balaban J connectivity index is 1.83. The van der Waals surface area contributed by atoms with Gasteiger partial charge in [-0.3, -0.25) is 4.98 Å². The van der Waals surface area contributed by atoms with E-state index in [9.17, 15) is 4.79 Å². The molecule has 0 aromatic carbocycles. The van der Waals surface area contributed by atoms with Gasteiger partial charge in [0.05, 0.1) is 18.4 Å². The average molecular weight is 247 g/mol. The first kappa shape index (κ1) is 11.6. The number of nitrogens with one attached hydrogen (secondary N) is 2. The van der Waals surface area contributed by atoms with Crippen LogP contribution in [0, 0.1) is 6.92 Å². The Labute approximate surface area is 104 Å². The van der Waals surface area contributed by atoms with Crippen molar-refractivity contribution in [1.82, 2.24) is 10.3 Å². The van der Waals surface area contributed by atoms with Gasteiger partial charge in [-0.2, -0.15) is 0 Å². The monoisotopic (exact) mass is 247 g/mol. The fourth-order valence-corrected chi connectivity index (χ4v) is 1.94. The molecule has 0 spiro atoms. The van der Waals surface area contributed by atoms with Gasteiger partial charge in [0.25, 0.3) is 0 Å². The molecule has 2 rings (SSSR count). The predicted molar refractivity (Wildman–Crippen MR) is 69.2 cm³/mol. The lowest BCUT2D eigenvalue weighted by Crippen LogP contribution is -2.27. The number of thiophene rings is 1. The summed E-state index contributed by atoms with van der Waals surface area (Å²) >= 11 is 1.62. The molecule has 0 unspecified atom stereocenters. The van der Waals surface area contributed by atoms with Crippen LogP contribution in [0.5, 0.6) is 0 Å². The summed E-state index contributed by atoms with van der Waals surface area (Å²) in [6, 6.07) is 7.41. The van der Waals surface area contributed by atoms with E-state index in [0.29, 0.717) is 12.2 Å². The molecule has 2 N–H and O–H groups in total. The minimum absolute atomic E-state index is 0.218. The van der Waals surface area contributed by atoms with Crippen LogP contribution in [0.4, 0.5) is 10.5 Å². The molecule has 0 bridgehead atoms. The van der Waals surface area contributed by atoms with Crippen molar-refractivity contribution in [3.8, 4) is 0 Å². The molecular weight excluding hydrogens is 234 g/mol. The van der Waals surface area contributed by atoms with Crippen LogP contribution in [0.15, 0.2) is 35.8 Å². The lowest BCUT2D eigenvalue weighted by molar-refractivity contribution is 0.252. The van der Waals surface area contributed by atoms with Crippen LogP contribution in [0.1, 0.15) is 10.6 Å². The zero-order chi connectivity index (χ0) is 12.1. The van der Waals surface area contributed by atoms with Gasteiger partial charge in [0, 0.05) is 10.6 Å². The van der Waals surface area contributed by atoms with E-state index in [0.717, 1.165) is 10.6 Å². The first-order valence-electron chi connectivity index (χ1n) is 5.24. The number of anilines is 1. The maximum atomic E-state index is 11.5. The summed E-state index contributed by atoms with van der Waals surface area (Å²) in [4.78, 5) is 16.8. The van der Waals surface area contributed by atoms with Crippen LogP contribution in [0.25, 0.3) is 0 Å². The molecule has 0 aliphatic rings. The summed E-state index contributed by atoms with van der Waals surface area (Å²) in [5, 5.41) is 7.49. The maximum Gasteiger partial charge on any atom is 0.319 e. The van der Waals surface area contributed by atoms with Gasteiger partial charge < -0.3 is 10.6 Å². The molecule has 0 atom stereocenters. The third-order valence-electron chi connectivity index (χ3n) is 2.17. The van der Waals surface area contributed by atoms with Gasteiger partial charge in [-0.25, -0.2) is 4.79 Å². The number of urea groups is 1. The number of hydrogen-bond acceptors (Lipinski definition) is 3. The first-order chi connectivity index (χ1) is 8.24. The van der Waals surface area contributed by atoms with Crippen molar-refractivity contribution in [2.75, 3.05) is 5.32 Å². The van der Waals surface area contributed by atoms with Crippen LogP contribution < -0.4 is 10.6 Å². The van der Waals surface area contributed by atoms with Gasteiger partial charge in [0.1, 0.15) is 0 Å². The Morgan fingerprint density at radius 1 is 1.41 bits per heavy atom. The van der Waals surface area contributed by atoms with E-state index < -0.39 is 0 Å². The first-order valence-corrected chi connectivity index (χ1v) is 6.12. The highest BCUT2D eigenvalue weighted by Crippen LogP contribution is 2.08. The third kappa shape index (κ3) is 3.57. The van der Waals surface area contributed by atoms with Gasteiger partial charge >= 0.3 is 6.03 Å². The van der Waals surface area contributed by atoms with E-state index in [4.69, 9.17) is 0 Å². The number of hydrogen-bond donors (Lipinski definition) is 2. The fourth-order valence-electron chi connectivity index (χ4n) is 1.30. The summed E-state index contributed by atoms with van der Waals surface area (Å²) in [6.45, 7) is 2.45. The molecule has 2 amide bonds. The molecule has 0 aliphatic carbocycles. The van der Waals surface area contributed by atoms with Crippen LogP contribution in [0.3, 0.4) is 0 Å². The lowest BCUT2D eigenvalue weighted by atomic mass is 10.3. The van der Waals surface area contributed by atoms with Crippen LogP contribution in [-0.2, 0) is 6.54 Å². The number of aryl methyl sites for hydroxylation is 1. The van der Waals surface area contributed by atoms with Crippen LogP contribution in [0.2, 0.25) is 0 Å². The van der Waals surface area contributed by atoms with Gasteiger partial charge in [-0.05, 0) is 30.5 Å². The Hall–Kier alpha value is -1.88. The van der Waals surface area contributed by atoms with Crippen LogP contribution in [-0.4, -0.2) is 11.0 Å². The van der Waals surface area contributed by atoms with Crippen molar-refractivity contribution in [2.45, 2.75) is 13.5 Å². The molecule has 2 aromatic heterocycles. The minimum atomic E-state index is -0.218. The second kappa shape index (κ2) is 5.45. The van der Waals surface area contributed by atoms with Crippen molar-refractivity contribution < 1.29 is 4.79 Å². The minimum Gasteiger partial charge on any atom is -0.333 e. The highest BCUT2D eigenvalue weighted by molar-refractivity contribution is 7.09. The number of pyridine rings is 1. The standard InChI is InChI=1S/C12H13N3OS/c1-9-4-5-10(7-13-9)15-12(16)14-8-11-3-2-6-17-11/h2-7H,8H2,1H3,(H2,14,15,16). The van der Waals surface area contributed by atoms with Crippen molar-refractivity contribution in [1.29, 1.82) is 0 Å². The van der Waals surface area contributed by atoms with E-state index >= 15 is 0 Å². The van der Waals surface area contributed by atoms with Gasteiger partial charge in [0.15, 0.2) is 0 Å². The number of carbonyl (C=O) groups excluding carboxylic acids is 1. The Bertz CT molecular complexity index is 479. The van der Waals surface area contributed by atoms with E-state index in [-0.39, 0.29) is 6.03 Å². The summed E-state index contributed by atoms with van der Waals surface area (Å²) in [5.41, 5.74) is 1.62. The average Bonchev–Trinajstić information content (AvgIpc) is 2.83. The molecule has 2 aromatic rings. The van der Waals surface area contributed by atoms with Crippen molar-refractivity contribution in [3.05, 3.63) is 46.4 Å². The third-order valence-corrected chi connectivity index (χ3v) is 3.05. The van der Waals surface area contributed by atoms with E-state index in [2.05, 4.69) is 15.6 Å². The lowest BCUT2D eigenvalue weighted by Gasteiger charge is -2.06. The SMILES string of the molecule is Cc1ccc(NC(=O)NCc2cccs2)cn1. The Morgan fingerprint density at radius 2 is 2.29 bits per heavy atom. The summed E-state index contributed by atoms with van der Waals surface area (Å²) in [5.74, 6) is 0. The molecule has 17 heavy (non-hydrogen) atoms.